The minimum absolute atomic E-state index is 0.00242. The summed E-state index contributed by atoms with van der Waals surface area (Å²) in [6.07, 6.45) is 7.35. The number of rotatable bonds is 7. The standard InChI is InChI=1S/C13H26N2O2/c1-2-3-11-4-6-12(7-5-11)15-13(16)10-17-9-8-14/h11-12H,2-10,14H2,1H3,(H,15,16). The zero-order chi connectivity index (χ0) is 12.5. The summed E-state index contributed by atoms with van der Waals surface area (Å²) in [5.41, 5.74) is 5.29. The van der Waals surface area contributed by atoms with Crippen LogP contribution in [0.25, 0.3) is 0 Å². The summed E-state index contributed by atoms with van der Waals surface area (Å²) in [5.74, 6) is 0.874. The number of ether oxygens (including phenoxy) is 1. The third-order valence-corrected chi connectivity index (χ3v) is 3.40. The molecule has 0 radical (unpaired) electrons. The second kappa shape index (κ2) is 8.48. The summed E-state index contributed by atoms with van der Waals surface area (Å²) in [4.78, 5) is 11.5. The molecule has 0 aliphatic heterocycles. The van der Waals surface area contributed by atoms with E-state index in [0.29, 0.717) is 19.2 Å². The van der Waals surface area contributed by atoms with E-state index in [9.17, 15) is 4.79 Å². The molecule has 1 aliphatic rings. The van der Waals surface area contributed by atoms with Crippen molar-refractivity contribution in [2.24, 2.45) is 11.7 Å². The normalized spacial score (nSPS) is 24.6. The Balaban J connectivity index is 2.10. The quantitative estimate of drug-likeness (QED) is 0.664. The van der Waals surface area contributed by atoms with Crippen molar-refractivity contribution < 1.29 is 9.53 Å². The molecule has 100 valence electrons. The largest absolute Gasteiger partial charge is 0.370 e. The van der Waals surface area contributed by atoms with Crippen LogP contribution in [0.15, 0.2) is 0 Å². The number of carbonyl (C=O) groups is 1. The van der Waals surface area contributed by atoms with Crippen molar-refractivity contribution in [1.29, 1.82) is 0 Å². The molecular formula is C13H26N2O2. The SMILES string of the molecule is CCCC1CCC(NC(=O)COCCN)CC1. The minimum Gasteiger partial charge on any atom is -0.370 e. The van der Waals surface area contributed by atoms with E-state index >= 15 is 0 Å². The Morgan fingerprint density at radius 3 is 2.65 bits per heavy atom. The zero-order valence-corrected chi connectivity index (χ0v) is 10.9. The third kappa shape index (κ3) is 6.03. The highest BCUT2D eigenvalue weighted by Gasteiger charge is 2.21. The Kier molecular flexibility index (Phi) is 7.21. The van der Waals surface area contributed by atoms with Gasteiger partial charge in [-0.05, 0) is 31.6 Å². The minimum atomic E-state index is -0.00242. The molecule has 0 aromatic rings. The Hall–Kier alpha value is -0.610. The van der Waals surface area contributed by atoms with Gasteiger partial charge in [-0.15, -0.1) is 0 Å². The van der Waals surface area contributed by atoms with Gasteiger partial charge in [-0.2, -0.15) is 0 Å². The second-order valence-electron chi connectivity index (χ2n) is 4.92. The van der Waals surface area contributed by atoms with Crippen molar-refractivity contribution in [3.05, 3.63) is 0 Å². The second-order valence-corrected chi connectivity index (χ2v) is 4.92. The van der Waals surface area contributed by atoms with Crippen LogP contribution in [0.2, 0.25) is 0 Å². The van der Waals surface area contributed by atoms with E-state index in [1.807, 2.05) is 0 Å². The molecule has 0 spiro atoms. The van der Waals surface area contributed by atoms with Gasteiger partial charge in [0.1, 0.15) is 6.61 Å². The van der Waals surface area contributed by atoms with Gasteiger partial charge < -0.3 is 15.8 Å². The van der Waals surface area contributed by atoms with Crippen LogP contribution in [0.5, 0.6) is 0 Å². The molecule has 1 saturated carbocycles. The van der Waals surface area contributed by atoms with Gasteiger partial charge in [0.2, 0.25) is 5.91 Å². The number of carbonyl (C=O) groups excluding carboxylic acids is 1. The van der Waals surface area contributed by atoms with Crippen molar-refractivity contribution in [3.8, 4) is 0 Å². The van der Waals surface area contributed by atoms with Crippen molar-refractivity contribution in [1.82, 2.24) is 5.32 Å². The monoisotopic (exact) mass is 242 g/mol. The molecule has 0 aromatic heterocycles. The molecule has 0 aromatic carbocycles. The summed E-state index contributed by atoms with van der Waals surface area (Å²) in [6.45, 7) is 3.31. The predicted octanol–water partition coefficient (Wildman–Crippen LogP) is 1.44. The lowest BCUT2D eigenvalue weighted by Crippen LogP contribution is -2.39. The maximum absolute atomic E-state index is 11.5. The maximum atomic E-state index is 11.5. The molecular weight excluding hydrogens is 216 g/mol. The van der Waals surface area contributed by atoms with Gasteiger partial charge >= 0.3 is 0 Å². The molecule has 17 heavy (non-hydrogen) atoms. The average Bonchev–Trinajstić information content (AvgIpc) is 2.32. The first-order chi connectivity index (χ1) is 8.26. The summed E-state index contributed by atoms with van der Waals surface area (Å²) in [6, 6.07) is 0.358. The topological polar surface area (TPSA) is 64.3 Å². The average molecular weight is 242 g/mol. The molecule has 0 bridgehead atoms. The summed E-state index contributed by atoms with van der Waals surface area (Å²) in [7, 11) is 0. The molecule has 0 unspecified atom stereocenters. The van der Waals surface area contributed by atoms with E-state index < -0.39 is 0 Å². The van der Waals surface area contributed by atoms with Crippen LogP contribution in [-0.2, 0) is 9.53 Å². The number of hydrogen-bond acceptors (Lipinski definition) is 3. The van der Waals surface area contributed by atoms with Crippen molar-refractivity contribution in [2.45, 2.75) is 51.5 Å². The fraction of sp³-hybridized carbons (Fsp3) is 0.923. The zero-order valence-electron chi connectivity index (χ0n) is 10.9. The highest BCUT2D eigenvalue weighted by molar-refractivity contribution is 5.77. The van der Waals surface area contributed by atoms with Crippen molar-refractivity contribution >= 4 is 5.91 Å². The van der Waals surface area contributed by atoms with Gasteiger partial charge in [-0.25, -0.2) is 0 Å². The molecule has 4 heteroatoms. The van der Waals surface area contributed by atoms with E-state index in [2.05, 4.69) is 12.2 Å². The van der Waals surface area contributed by atoms with Crippen LogP contribution >= 0.6 is 0 Å². The van der Waals surface area contributed by atoms with Gasteiger partial charge in [0, 0.05) is 12.6 Å². The number of amides is 1. The Labute approximate surface area is 104 Å². The first kappa shape index (κ1) is 14.5. The number of hydrogen-bond donors (Lipinski definition) is 2. The van der Waals surface area contributed by atoms with Gasteiger partial charge in [-0.3, -0.25) is 4.79 Å². The Morgan fingerprint density at radius 2 is 2.06 bits per heavy atom. The highest BCUT2D eigenvalue weighted by Crippen LogP contribution is 2.27. The van der Waals surface area contributed by atoms with E-state index in [0.717, 1.165) is 18.8 Å². The van der Waals surface area contributed by atoms with Crippen molar-refractivity contribution in [3.63, 3.8) is 0 Å². The fourth-order valence-electron chi connectivity index (χ4n) is 2.52. The smallest absolute Gasteiger partial charge is 0.246 e. The van der Waals surface area contributed by atoms with Gasteiger partial charge in [0.15, 0.2) is 0 Å². The molecule has 3 N–H and O–H groups in total. The first-order valence-corrected chi connectivity index (χ1v) is 6.83. The maximum Gasteiger partial charge on any atom is 0.246 e. The van der Waals surface area contributed by atoms with Crippen LogP contribution in [-0.4, -0.2) is 31.7 Å². The van der Waals surface area contributed by atoms with Crippen molar-refractivity contribution in [2.75, 3.05) is 19.8 Å². The van der Waals surface area contributed by atoms with Gasteiger partial charge in [0.05, 0.1) is 6.61 Å². The van der Waals surface area contributed by atoms with Crippen LogP contribution in [0.4, 0.5) is 0 Å². The van der Waals surface area contributed by atoms with E-state index in [1.54, 1.807) is 0 Å². The van der Waals surface area contributed by atoms with E-state index in [1.165, 1.54) is 25.7 Å². The first-order valence-electron chi connectivity index (χ1n) is 6.83. The Bertz CT molecular complexity index is 213. The van der Waals surface area contributed by atoms with E-state index in [-0.39, 0.29) is 12.5 Å². The molecule has 1 fully saturated rings. The number of nitrogens with one attached hydrogen (secondary N) is 1. The van der Waals surface area contributed by atoms with Crippen LogP contribution in [0, 0.1) is 5.92 Å². The fourth-order valence-corrected chi connectivity index (χ4v) is 2.52. The molecule has 0 heterocycles. The highest BCUT2D eigenvalue weighted by atomic mass is 16.5. The molecule has 4 nitrogen and oxygen atoms in total. The molecule has 1 aliphatic carbocycles. The molecule has 1 amide bonds. The van der Waals surface area contributed by atoms with Crippen LogP contribution in [0.3, 0.4) is 0 Å². The van der Waals surface area contributed by atoms with Crippen LogP contribution < -0.4 is 11.1 Å². The Morgan fingerprint density at radius 1 is 1.35 bits per heavy atom. The summed E-state index contributed by atoms with van der Waals surface area (Å²) < 4.78 is 5.11. The van der Waals surface area contributed by atoms with Gasteiger partial charge in [-0.1, -0.05) is 19.8 Å². The third-order valence-electron chi connectivity index (χ3n) is 3.40. The van der Waals surface area contributed by atoms with E-state index in [4.69, 9.17) is 10.5 Å². The molecule has 1 rings (SSSR count). The number of nitrogens with two attached hydrogens (primary N) is 1. The molecule has 0 atom stereocenters. The summed E-state index contributed by atoms with van der Waals surface area (Å²) in [5, 5.41) is 3.04. The van der Waals surface area contributed by atoms with Gasteiger partial charge in [0.25, 0.3) is 0 Å². The molecule has 0 saturated heterocycles. The lowest BCUT2D eigenvalue weighted by atomic mass is 9.83. The van der Waals surface area contributed by atoms with Crippen LogP contribution in [0.1, 0.15) is 45.4 Å². The lowest BCUT2D eigenvalue weighted by Gasteiger charge is -2.28. The lowest BCUT2D eigenvalue weighted by molar-refractivity contribution is -0.126. The predicted molar refractivity (Wildman–Crippen MR) is 68.7 cm³/mol. The summed E-state index contributed by atoms with van der Waals surface area (Å²) >= 11 is 0.